The van der Waals surface area contributed by atoms with E-state index >= 15 is 0 Å². The van der Waals surface area contributed by atoms with Crippen LogP contribution >= 0.6 is 0 Å². The minimum absolute atomic E-state index is 0.241. The minimum atomic E-state index is 0.241. The fourth-order valence-electron chi connectivity index (χ4n) is 2.40. The van der Waals surface area contributed by atoms with Crippen LogP contribution in [0.2, 0.25) is 0 Å². The van der Waals surface area contributed by atoms with Crippen molar-refractivity contribution in [2.24, 2.45) is 10.9 Å². The van der Waals surface area contributed by atoms with Crippen molar-refractivity contribution in [1.82, 2.24) is 4.90 Å². The lowest BCUT2D eigenvalue weighted by Crippen LogP contribution is -2.34. The van der Waals surface area contributed by atoms with Crippen LogP contribution in [0.25, 0.3) is 0 Å². The van der Waals surface area contributed by atoms with E-state index in [1.165, 1.54) is 18.4 Å². The Morgan fingerprint density at radius 3 is 2.32 bits per heavy atom. The summed E-state index contributed by atoms with van der Waals surface area (Å²) in [6.07, 6.45) is 6.29. The molecule has 0 N–H and O–H groups in total. The first kappa shape index (κ1) is 17.7. The highest BCUT2D eigenvalue weighted by atomic mass is 15.1. The Balaban J connectivity index is 5.21. The SMILES string of the molecule is C=CC(C)=NC(=C)C(C(C)CCC)N(C)C=C(C)C. The first-order chi connectivity index (χ1) is 8.83. The summed E-state index contributed by atoms with van der Waals surface area (Å²) >= 11 is 0. The van der Waals surface area contributed by atoms with Crippen molar-refractivity contribution in [2.75, 3.05) is 7.05 Å². The summed E-state index contributed by atoms with van der Waals surface area (Å²) in [7, 11) is 2.10. The van der Waals surface area contributed by atoms with Crippen LogP contribution in [-0.4, -0.2) is 23.7 Å². The van der Waals surface area contributed by atoms with Gasteiger partial charge in [-0.15, -0.1) is 0 Å². The zero-order valence-electron chi connectivity index (χ0n) is 13.5. The van der Waals surface area contributed by atoms with Crippen molar-refractivity contribution in [3.63, 3.8) is 0 Å². The molecule has 0 aliphatic carbocycles. The van der Waals surface area contributed by atoms with Crippen molar-refractivity contribution >= 4 is 5.71 Å². The third kappa shape index (κ3) is 6.42. The van der Waals surface area contributed by atoms with Gasteiger partial charge in [0.15, 0.2) is 0 Å². The summed E-state index contributed by atoms with van der Waals surface area (Å²) in [5.41, 5.74) is 3.12. The first-order valence-electron chi connectivity index (χ1n) is 7.06. The maximum Gasteiger partial charge on any atom is 0.0724 e. The van der Waals surface area contributed by atoms with Gasteiger partial charge in [-0.3, -0.25) is 4.99 Å². The molecule has 0 saturated carbocycles. The number of allylic oxidation sites excluding steroid dienone is 2. The van der Waals surface area contributed by atoms with E-state index in [9.17, 15) is 0 Å². The summed E-state index contributed by atoms with van der Waals surface area (Å²) in [4.78, 5) is 6.79. The van der Waals surface area contributed by atoms with E-state index in [1.54, 1.807) is 6.08 Å². The van der Waals surface area contributed by atoms with Gasteiger partial charge in [0, 0.05) is 12.8 Å². The van der Waals surface area contributed by atoms with Gasteiger partial charge >= 0.3 is 0 Å². The van der Waals surface area contributed by atoms with Gasteiger partial charge in [-0.1, -0.05) is 39.0 Å². The predicted molar refractivity (Wildman–Crippen MR) is 87.5 cm³/mol. The maximum atomic E-state index is 4.56. The molecule has 2 atom stereocenters. The molecule has 0 fully saturated rings. The molecule has 2 unspecified atom stereocenters. The van der Waals surface area contributed by atoms with E-state index in [0.29, 0.717) is 5.92 Å². The van der Waals surface area contributed by atoms with Crippen LogP contribution < -0.4 is 0 Å². The summed E-state index contributed by atoms with van der Waals surface area (Å²) in [5, 5.41) is 0. The fourth-order valence-corrected chi connectivity index (χ4v) is 2.40. The molecular weight excluding hydrogens is 232 g/mol. The molecule has 2 nitrogen and oxygen atoms in total. The molecular formula is C17H30N2. The molecule has 2 heteroatoms. The molecule has 0 aromatic rings. The van der Waals surface area contributed by atoms with Crippen LogP contribution in [0.15, 0.2) is 41.7 Å². The Morgan fingerprint density at radius 2 is 1.89 bits per heavy atom. The molecule has 0 radical (unpaired) electrons. The Bertz CT molecular complexity index is 359. The second-order valence-electron chi connectivity index (χ2n) is 5.53. The number of likely N-dealkylation sites (N-methyl/N-ethyl adjacent to an activating group) is 1. The standard InChI is InChI=1S/C17H30N2/c1-9-11-14(5)17(19(8)12-13(3)4)16(7)18-15(6)10-2/h10,12,14,17H,2,7,9,11H2,1,3-6,8H3. The smallest absolute Gasteiger partial charge is 0.0724 e. The third-order valence-corrected chi connectivity index (χ3v) is 3.14. The van der Waals surface area contributed by atoms with E-state index in [2.05, 4.69) is 64.0 Å². The number of nitrogens with zero attached hydrogens (tertiary/aromatic N) is 2. The Hall–Kier alpha value is -1.31. The second kappa shape index (κ2) is 8.73. The average molecular weight is 262 g/mol. The van der Waals surface area contributed by atoms with E-state index in [-0.39, 0.29) is 6.04 Å². The number of aliphatic imine (C=N–C) groups is 1. The molecule has 0 aliphatic heterocycles. The van der Waals surface area contributed by atoms with Crippen LogP contribution in [0.1, 0.15) is 47.5 Å². The van der Waals surface area contributed by atoms with Crippen molar-refractivity contribution in [3.8, 4) is 0 Å². The number of rotatable bonds is 8. The monoisotopic (exact) mass is 262 g/mol. The summed E-state index contributed by atoms with van der Waals surface area (Å²) in [6.45, 7) is 18.6. The Labute approximate surface area is 119 Å². The van der Waals surface area contributed by atoms with E-state index in [0.717, 1.165) is 11.4 Å². The second-order valence-corrected chi connectivity index (χ2v) is 5.53. The lowest BCUT2D eigenvalue weighted by molar-refractivity contribution is 0.268. The summed E-state index contributed by atoms with van der Waals surface area (Å²) in [6, 6.07) is 0.241. The van der Waals surface area contributed by atoms with Crippen molar-refractivity contribution in [1.29, 1.82) is 0 Å². The van der Waals surface area contributed by atoms with Crippen LogP contribution in [0.5, 0.6) is 0 Å². The molecule has 0 aromatic heterocycles. The molecule has 0 bridgehead atoms. The molecule has 0 saturated heterocycles. The quantitative estimate of drug-likeness (QED) is 0.573. The molecule has 0 amide bonds. The zero-order valence-corrected chi connectivity index (χ0v) is 13.5. The van der Waals surface area contributed by atoms with Crippen LogP contribution in [0.3, 0.4) is 0 Å². The highest BCUT2D eigenvalue weighted by molar-refractivity contribution is 5.92. The van der Waals surface area contributed by atoms with E-state index < -0.39 is 0 Å². The molecule has 0 rings (SSSR count). The van der Waals surface area contributed by atoms with Gasteiger partial charge in [0.25, 0.3) is 0 Å². The highest BCUT2D eigenvalue weighted by Crippen LogP contribution is 2.23. The van der Waals surface area contributed by atoms with Gasteiger partial charge in [-0.25, -0.2) is 0 Å². The lowest BCUT2D eigenvalue weighted by Gasteiger charge is -2.32. The van der Waals surface area contributed by atoms with Gasteiger partial charge < -0.3 is 4.90 Å². The topological polar surface area (TPSA) is 15.6 Å². The van der Waals surface area contributed by atoms with Gasteiger partial charge in [-0.05, 0) is 45.4 Å². The van der Waals surface area contributed by atoms with Gasteiger partial charge in [0.2, 0.25) is 0 Å². The van der Waals surface area contributed by atoms with Gasteiger partial charge in [-0.2, -0.15) is 0 Å². The molecule has 0 aromatic carbocycles. The van der Waals surface area contributed by atoms with E-state index in [4.69, 9.17) is 0 Å². The molecule has 108 valence electrons. The Kier molecular flexibility index (Phi) is 8.13. The van der Waals surface area contributed by atoms with Crippen LogP contribution in [-0.2, 0) is 0 Å². The predicted octanol–water partition coefficient (Wildman–Crippen LogP) is 4.81. The normalized spacial score (nSPS) is 14.5. The molecule has 0 heterocycles. The third-order valence-electron chi connectivity index (χ3n) is 3.14. The van der Waals surface area contributed by atoms with Gasteiger partial charge in [0.1, 0.15) is 0 Å². The first-order valence-corrected chi connectivity index (χ1v) is 7.06. The highest BCUT2D eigenvalue weighted by Gasteiger charge is 2.22. The largest absolute Gasteiger partial charge is 0.372 e. The summed E-state index contributed by atoms with van der Waals surface area (Å²) in [5.74, 6) is 0.527. The fraction of sp³-hybridized carbons (Fsp3) is 0.588. The van der Waals surface area contributed by atoms with Gasteiger partial charge in [0.05, 0.1) is 11.7 Å². The molecule has 0 aliphatic rings. The molecule has 19 heavy (non-hydrogen) atoms. The maximum absolute atomic E-state index is 4.56. The minimum Gasteiger partial charge on any atom is -0.372 e. The number of hydrogen-bond acceptors (Lipinski definition) is 2. The van der Waals surface area contributed by atoms with Crippen LogP contribution in [0.4, 0.5) is 0 Å². The van der Waals surface area contributed by atoms with Crippen molar-refractivity contribution in [3.05, 3.63) is 36.7 Å². The molecule has 0 spiro atoms. The lowest BCUT2D eigenvalue weighted by atomic mass is 9.93. The number of hydrogen-bond donors (Lipinski definition) is 0. The Morgan fingerprint density at radius 1 is 1.32 bits per heavy atom. The summed E-state index contributed by atoms with van der Waals surface area (Å²) < 4.78 is 0. The van der Waals surface area contributed by atoms with Crippen molar-refractivity contribution in [2.45, 2.75) is 53.5 Å². The average Bonchev–Trinajstić information content (AvgIpc) is 2.28. The van der Waals surface area contributed by atoms with Crippen molar-refractivity contribution < 1.29 is 0 Å². The van der Waals surface area contributed by atoms with E-state index in [1.807, 2.05) is 6.92 Å². The van der Waals surface area contributed by atoms with Crippen LogP contribution in [0, 0.1) is 5.92 Å². The zero-order chi connectivity index (χ0) is 15.0.